The average molecular weight is 1080 g/mol. The SMILES string of the molecule is CC(C)(c1cc(Br)c(Oc2cccc(N3C(=O)C=CC3=O)c2N2C(=O)C=CC2=O)c(Br)c1)c1cc(Br)c(Oc2cccc(N3C(=O)C=CC3=O)c2N2C(=O)C=CC2=O)c(Br)c1. The molecular formula is C43H24Br4N4O10. The maximum Gasteiger partial charge on any atom is 0.258 e. The van der Waals surface area contributed by atoms with Gasteiger partial charge in [0.25, 0.3) is 47.3 Å². The predicted molar refractivity (Wildman–Crippen MR) is 235 cm³/mol. The van der Waals surface area contributed by atoms with E-state index in [1.165, 1.54) is 36.4 Å². The topological polar surface area (TPSA) is 168 Å². The van der Waals surface area contributed by atoms with E-state index in [1.807, 2.05) is 38.1 Å². The number of hydrogen-bond donors (Lipinski definition) is 0. The highest BCUT2D eigenvalue weighted by Gasteiger charge is 2.38. The van der Waals surface area contributed by atoms with Crippen LogP contribution in [0, 0.1) is 0 Å². The van der Waals surface area contributed by atoms with Crippen LogP contribution in [-0.4, -0.2) is 47.3 Å². The molecule has 0 unspecified atom stereocenters. The summed E-state index contributed by atoms with van der Waals surface area (Å²) in [6.45, 7) is 3.95. The molecule has 0 fully saturated rings. The molecule has 61 heavy (non-hydrogen) atoms. The Morgan fingerprint density at radius 3 is 0.951 bits per heavy atom. The highest BCUT2D eigenvalue weighted by Crippen LogP contribution is 2.50. The van der Waals surface area contributed by atoms with Gasteiger partial charge in [0, 0.05) is 54.0 Å². The van der Waals surface area contributed by atoms with E-state index in [1.54, 1.807) is 0 Å². The Bertz CT molecular complexity index is 2570. The minimum absolute atomic E-state index is 0.00553. The van der Waals surface area contributed by atoms with Gasteiger partial charge in [-0.2, -0.15) is 0 Å². The molecule has 0 bridgehead atoms. The van der Waals surface area contributed by atoms with Gasteiger partial charge in [0.15, 0.2) is 23.0 Å². The second-order valence-electron chi connectivity index (χ2n) is 14.0. The molecule has 14 nitrogen and oxygen atoms in total. The molecule has 8 amide bonds. The number of carbonyl (C=O) groups is 8. The number of benzene rings is 4. The number of nitrogens with zero attached hydrogens (tertiary/aromatic N) is 4. The number of anilines is 4. The maximum absolute atomic E-state index is 13.0. The zero-order chi connectivity index (χ0) is 43.7. The van der Waals surface area contributed by atoms with Gasteiger partial charge in [0.1, 0.15) is 11.4 Å². The minimum Gasteiger partial charge on any atom is -0.453 e. The van der Waals surface area contributed by atoms with Crippen LogP contribution in [0.3, 0.4) is 0 Å². The lowest BCUT2D eigenvalue weighted by Crippen LogP contribution is -2.35. The van der Waals surface area contributed by atoms with Gasteiger partial charge >= 0.3 is 0 Å². The average Bonchev–Trinajstić information content (AvgIpc) is 3.94. The number of ether oxygens (including phenoxy) is 2. The summed E-state index contributed by atoms with van der Waals surface area (Å²) < 4.78 is 14.6. The summed E-state index contributed by atoms with van der Waals surface area (Å²) in [6.07, 6.45) is 8.69. The normalized spacial score (nSPS) is 16.2. The molecule has 0 saturated carbocycles. The Hall–Kier alpha value is -6.08. The molecular weight excluding hydrogens is 1050 g/mol. The molecule has 8 rings (SSSR count). The summed E-state index contributed by atoms with van der Waals surface area (Å²) in [6, 6.07) is 16.2. The van der Waals surface area contributed by atoms with Crippen molar-refractivity contribution in [3.63, 3.8) is 0 Å². The van der Waals surface area contributed by atoms with E-state index in [2.05, 4.69) is 63.7 Å². The Morgan fingerprint density at radius 2 is 0.672 bits per heavy atom. The number of hydrogen-bond acceptors (Lipinski definition) is 10. The monoisotopic (exact) mass is 1070 g/mol. The van der Waals surface area contributed by atoms with Crippen LogP contribution >= 0.6 is 63.7 Å². The molecule has 0 aromatic heterocycles. The van der Waals surface area contributed by atoms with Crippen LogP contribution < -0.4 is 29.1 Å². The largest absolute Gasteiger partial charge is 0.453 e. The van der Waals surface area contributed by atoms with Crippen LogP contribution in [0.15, 0.2) is 127 Å². The van der Waals surface area contributed by atoms with Crippen molar-refractivity contribution in [2.75, 3.05) is 19.6 Å². The number of amides is 8. The summed E-state index contributed by atoms with van der Waals surface area (Å²) >= 11 is 14.5. The highest BCUT2D eigenvalue weighted by atomic mass is 79.9. The molecule has 4 aromatic carbocycles. The van der Waals surface area contributed by atoms with Gasteiger partial charge in [0.05, 0.1) is 29.3 Å². The summed E-state index contributed by atoms with van der Waals surface area (Å²) in [7, 11) is 0. The predicted octanol–water partition coefficient (Wildman–Crippen LogP) is 8.36. The lowest BCUT2D eigenvalue weighted by atomic mass is 9.78. The van der Waals surface area contributed by atoms with E-state index in [0.717, 1.165) is 79.3 Å². The van der Waals surface area contributed by atoms with Crippen LogP contribution in [0.2, 0.25) is 0 Å². The number of carbonyl (C=O) groups excluding carboxylic acids is 8. The smallest absolute Gasteiger partial charge is 0.258 e. The van der Waals surface area contributed by atoms with Crippen molar-refractivity contribution in [3.05, 3.63) is 138 Å². The van der Waals surface area contributed by atoms with E-state index >= 15 is 0 Å². The van der Waals surface area contributed by atoms with Gasteiger partial charge in [0.2, 0.25) is 0 Å². The van der Waals surface area contributed by atoms with Gasteiger partial charge in [-0.05, 0) is 123 Å². The first-order valence-corrected chi connectivity index (χ1v) is 21.0. The first-order valence-electron chi connectivity index (χ1n) is 17.8. The third kappa shape index (κ3) is 7.22. The Labute approximate surface area is 379 Å². The van der Waals surface area contributed by atoms with E-state index in [-0.39, 0.29) is 45.7 Å². The lowest BCUT2D eigenvalue weighted by Gasteiger charge is -2.29. The van der Waals surface area contributed by atoms with E-state index in [9.17, 15) is 38.4 Å². The van der Waals surface area contributed by atoms with Gasteiger partial charge in [-0.3, -0.25) is 38.4 Å². The van der Waals surface area contributed by atoms with E-state index < -0.39 is 52.7 Å². The molecule has 4 aliphatic rings. The fourth-order valence-corrected chi connectivity index (χ4v) is 9.63. The summed E-state index contributed by atoms with van der Waals surface area (Å²) in [5.74, 6) is -4.84. The van der Waals surface area contributed by atoms with Crippen molar-refractivity contribution in [2.24, 2.45) is 0 Å². The van der Waals surface area contributed by atoms with Crippen LogP contribution in [0.4, 0.5) is 22.7 Å². The Balaban J connectivity index is 1.13. The van der Waals surface area contributed by atoms with Gasteiger partial charge < -0.3 is 9.47 Å². The van der Waals surface area contributed by atoms with Crippen molar-refractivity contribution < 1.29 is 47.8 Å². The molecule has 4 heterocycles. The van der Waals surface area contributed by atoms with E-state index in [0.29, 0.717) is 17.9 Å². The third-order valence-electron chi connectivity index (χ3n) is 9.99. The maximum atomic E-state index is 13.0. The number of halogens is 4. The van der Waals surface area contributed by atoms with Crippen LogP contribution in [-0.2, 0) is 43.8 Å². The molecule has 0 radical (unpaired) electrons. The second kappa shape index (κ2) is 15.7. The second-order valence-corrected chi connectivity index (χ2v) is 17.4. The van der Waals surface area contributed by atoms with Crippen molar-refractivity contribution in [1.82, 2.24) is 0 Å². The summed E-state index contributed by atoms with van der Waals surface area (Å²) in [4.78, 5) is 106. The lowest BCUT2D eigenvalue weighted by molar-refractivity contribution is -0.122. The minimum atomic E-state index is -0.726. The first-order chi connectivity index (χ1) is 29.0. The molecule has 4 aliphatic heterocycles. The molecule has 0 spiro atoms. The summed E-state index contributed by atoms with van der Waals surface area (Å²) in [5.41, 5.74) is 0.603. The fraction of sp³-hybridized carbons (Fsp3) is 0.0698. The molecule has 0 aliphatic carbocycles. The first kappa shape index (κ1) is 41.6. The van der Waals surface area contributed by atoms with Gasteiger partial charge in [-0.1, -0.05) is 26.0 Å². The molecule has 4 aromatic rings. The number of imide groups is 4. The number of rotatable bonds is 10. The molecule has 0 N–H and O–H groups in total. The van der Waals surface area contributed by atoms with Crippen LogP contribution in [0.5, 0.6) is 23.0 Å². The molecule has 18 heteroatoms. The highest BCUT2D eigenvalue weighted by molar-refractivity contribution is 9.11. The fourth-order valence-electron chi connectivity index (χ4n) is 6.94. The van der Waals surface area contributed by atoms with Crippen LogP contribution in [0.1, 0.15) is 25.0 Å². The Morgan fingerprint density at radius 1 is 0.410 bits per heavy atom. The quantitative estimate of drug-likeness (QED) is 0.141. The van der Waals surface area contributed by atoms with Crippen molar-refractivity contribution >= 4 is 134 Å². The Kier molecular flexibility index (Phi) is 10.8. The van der Waals surface area contributed by atoms with Gasteiger partial charge in [-0.15, -0.1) is 0 Å². The zero-order valence-corrected chi connectivity index (χ0v) is 37.6. The zero-order valence-electron chi connectivity index (χ0n) is 31.3. The molecule has 0 saturated heterocycles. The standard InChI is InChI=1S/C43H24Br4N4O10/c1-43(2,21-17-23(44)41(24(45)18-21)60-29-7-3-5-27(48-31(52)9-10-32(48)53)39(29)50-35(56)13-14-36(50)57)22-19-25(46)42(26(47)20-22)61-30-8-4-6-28(49-33(54)11-12-34(49)55)40(30)51-37(58)15-16-38(51)59/h3-20H,1-2H3. The van der Waals surface area contributed by atoms with Crippen molar-refractivity contribution in [3.8, 4) is 23.0 Å². The van der Waals surface area contributed by atoms with Crippen LogP contribution in [0.25, 0.3) is 0 Å². The third-order valence-corrected chi connectivity index (χ3v) is 12.3. The molecule has 0 atom stereocenters. The molecule has 304 valence electrons. The van der Waals surface area contributed by atoms with E-state index in [4.69, 9.17) is 9.47 Å². The van der Waals surface area contributed by atoms with Crippen molar-refractivity contribution in [1.29, 1.82) is 0 Å². The van der Waals surface area contributed by atoms with Gasteiger partial charge in [-0.25, -0.2) is 19.6 Å². The number of para-hydroxylation sites is 2. The summed E-state index contributed by atoms with van der Waals surface area (Å²) in [5, 5.41) is 0. The van der Waals surface area contributed by atoms with Crippen molar-refractivity contribution in [2.45, 2.75) is 19.3 Å².